The zero-order chi connectivity index (χ0) is 17.3. The number of rotatable bonds is 8. The van der Waals surface area contributed by atoms with E-state index >= 15 is 0 Å². The van der Waals surface area contributed by atoms with E-state index in [1.165, 1.54) is 0 Å². The Morgan fingerprint density at radius 3 is 2.48 bits per heavy atom. The fraction of sp³-hybridized carbons (Fsp3) is 0.562. The number of hydrogen-bond acceptors (Lipinski definition) is 5. The van der Waals surface area contributed by atoms with E-state index in [1.54, 1.807) is 12.1 Å². The van der Waals surface area contributed by atoms with Crippen molar-refractivity contribution < 1.29 is 19.6 Å². The van der Waals surface area contributed by atoms with Crippen molar-refractivity contribution in [1.29, 1.82) is 0 Å². The van der Waals surface area contributed by atoms with Crippen LogP contribution < -0.4 is 16.1 Å². The van der Waals surface area contributed by atoms with Crippen LogP contribution >= 0.6 is 0 Å². The molecule has 0 aliphatic heterocycles. The molecule has 0 spiro atoms. The average molecular weight is 322 g/mol. The minimum absolute atomic E-state index is 0.392. The summed E-state index contributed by atoms with van der Waals surface area (Å²) in [6, 6.07) is 7.21. The molecule has 0 saturated heterocycles. The van der Waals surface area contributed by atoms with Gasteiger partial charge in [0.25, 0.3) is 0 Å². The van der Waals surface area contributed by atoms with Crippen LogP contribution in [0.25, 0.3) is 0 Å². The Bertz CT molecular complexity index is 489. The Hall–Kier alpha value is -1.57. The van der Waals surface area contributed by atoms with E-state index in [0.29, 0.717) is 18.6 Å². The molecular weight excluding hydrogens is 295 g/mol. The summed E-state index contributed by atoms with van der Waals surface area (Å²) in [6.07, 6.45) is 1.35. The van der Waals surface area contributed by atoms with Gasteiger partial charge in [0, 0.05) is 13.1 Å². The molecule has 0 fully saturated rings. The van der Waals surface area contributed by atoms with E-state index in [9.17, 15) is 14.8 Å². The molecule has 1 rings (SSSR count). The second-order valence-corrected chi connectivity index (χ2v) is 6.39. The topological polar surface area (TPSA) is 90.8 Å². The smallest absolute Gasteiger partial charge is 0.444 e. The number of nitrogens with one attached hydrogen (secondary N) is 2. The molecule has 0 radical (unpaired) electrons. The van der Waals surface area contributed by atoms with Crippen molar-refractivity contribution in [2.24, 2.45) is 0 Å². The lowest BCUT2D eigenvalue weighted by Crippen LogP contribution is -2.35. The van der Waals surface area contributed by atoms with E-state index in [4.69, 9.17) is 4.74 Å². The fourth-order valence-corrected chi connectivity index (χ4v) is 2.05. The van der Waals surface area contributed by atoms with Gasteiger partial charge in [0.1, 0.15) is 5.60 Å². The largest absolute Gasteiger partial charge is 0.488 e. The molecule has 0 unspecified atom stereocenters. The molecule has 1 aromatic rings. The van der Waals surface area contributed by atoms with Gasteiger partial charge in [-0.15, -0.1) is 0 Å². The zero-order valence-corrected chi connectivity index (χ0v) is 14.1. The van der Waals surface area contributed by atoms with Gasteiger partial charge in [-0.25, -0.2) is 4.79 Å². The maximum absolute atomic E-state index is 11.4. The number of alkyl carbamates (subject to hydrolysis) is 1. The Balaban J connectivity index is 2.14. The summed E-state index contributed by atoms with van der Waals surface area (Å²) in [5.41, 5.74) is 0.914. The summed E-state index contributed by atoms with van der Waals surface area (Å²) in [7, 11) is -1.45. The van der Waals surface area contributed by atoms with Crippen molar-refractivity contribution in [3.8, 4) is 0 Å². The highest BCUT2D eigenvalue weighted by Gasteiger charge is 2.15. The first-order valence-electron chi connectivity index (χ1n) is 7.91. The van der Waals surface area contributed by atoms with Gasteiger partial charge in [0.2, 0.25) is 0 Å². The van der Waals surface area contributed by atoms with Crippen LogP contribution in [0.2, 0.25) is 0 Å². The Kier molecular flexibility index (Phi) is 8.09. The molecule has 23 heavy (non-hydrogen) atoms. The normalized spacial score (nSPS) is 11.2. The van der Waals surface area contributed by atoms with Gasteiger partial charge in [-0.2, -0.15) is 0 Å². The fourth-order valence-electron chi connectivity index (χ4n) is 2.05. The van der Waals surface area contributed by atoms with Crippen LogP contribution in [-0.4, -0.2) is 42.0 Å². The molecule has 6 nitrogen and oxygen atoms in total. The van der Waals surface area contributed by atoms with Crippen LogP contribution in [0.5, 0.6) is 0 Å². The maximum Gasteiger partial charge on any atom is 0.488 e. The lowest BCUT2D eigenvalue weighted by atomic mass is 9.77. The number of hydrogen-bond donors (Lipinski definition) is 4. The summed E-state index contributed by atoms with van der Waals surface area (Å²) >= 11 is 0. The molecule has 4 N–H and O–H groups in total. The summed E-state index contributed by atoms with van der Waals surface area (Å²) in [6.45, 7) is 7.43. The van der Waals surface area contributed by atoms with Crippen molar-refractivity contribution in [3.05, 3.63) is 29.8 Å². The van der Waals surface area contributed by atoms with Crippen LogP contribution in [0.4, 0.5) is 4.79 Å². The standard InChI is InChI=1S/C16H27BN2O4/c1-16(2,3)23-15(20)19-11-7-6-10-18-12-13-8-4-5-9-14(13)17(21)22/h4-5,8-9,18,21-22H,6-7,10-12H2,1-3H3,(H,19,20). The molecule has 1 aromatic carbocycles. The molecule has 7 heteroatoms. The summed E-state index contributed by atoms with van der Waals surface area (Å²) in [4.78, 5) is 11.4. The summed E-state index contributed by atoms with van der Waals surface area (Å²) in [5, 5.41) is 24.5. The van der Waals surface area contributed by atoms with E-state index in [-0.39, 0.29) is 0 Å². The van der Waals surface area contributed by atoms with Crippen LogP contribution in [0.15, 0.2) is 24.3 Å². The number of unbranched alkanes of at least 4 members (excludes halogenated alkanes) is 1. The van der Waals surface area contributed by atoms with E-state index < -0.39 is 18.8 Å². The number of carbonyl (C=O) groups excluding carboxylic acids is 1. The predicted octanol–water partition coefficient (Wildman–Crippen LogP) is 0.761. The monoisotopic (exact) mass is 322 g/mol. The minimum Gasteiger partial charge on any atom is -0.444 e. The predicted molar refractivity (Wildman–Crippen MR) is 91.4 cm³/mol. The van der Waals surface area contributed by atoms with Crippen molar-refractivity contribution in [2.75, 3.05) is 13.1 Å². The molecule has 0 aromatic heterocycles. The van der Waals surface area contributed by atoms with Crippen LogP contribution in [-0.2, 0) is 11.3 Å². The Morgan fingerprint density at radius 1 is 1.17 bits per heavy atom. The third kappa shape index (κ3) is 8.59. The molecule has 0 aliphatic rings. The highest BCUT2D eigenvalue weighted by molar-refractivity contribution is 6.59. The molecular formula is C16H27BN2O4. The van der Waals surface area contributed by atoms with Crippen molar-refractivity contribution in [2.45, 2.75) is 45.8 Å². The van der Waals surface area contributed by atoms with Crippen LogP contribution in [0, 0.1) is 0 Å². The van der Waals surface area contributed by atoms with Gasteiger partial charge in [0.05, 0.1) is 0 Å². The van der Waals surface area contributed by atoms with Gasteiger partial charge in [0.15, 0.2) is 0 Å². The van der Waals surface area contributed by atoms with Crippen LogP contribution in [0.1, 0.15) is 39.2 Å². The molecule has 1 amide bonds. The Labute approximate surface area is 138 Å². The zero-order valence-electron chi connectivity index (χ0n) is 14.1. The minimum atomic E-state index is -1.45. The second kappa shape index (κ2) is 9.55. The number of benzene rings is 1. The summed E-state index contributed by atoms with van der Waals surface area (Å²) in [5.74, 6) is 0. The van der Waals surface area contributed by atoms with E-state index in [1.807, 2.05) is 32.9 Å². The lowest BCUT2D eigenvalue weighted by molar-refractivity contribution is 0.0527. The first-order valence-corrected chi connectivity index (χ1v) is 7.91. The van der Waals surface area contributed by atoms with Gasteiger partial charge in [-0.05, 0) is 51.2 Å². The van der Waals surface area contributed by atoms with Gasteiger partial charge in [-0.3, -0.25) is 0 Å². The molecule has 0 heterocycles. The third-order valence-corrected chi connectivity index (χ3v) is 3.10. The second-order valence-electron chi connectivity index (χ2n) is 6.39. The van der Waals surface area contributed by atoms with Gasteiger partial charge in [-0.1, -0.05) is 24.3 Å². The molecule has 0 saturated carbocycles. The maximum atomic E-state index is 11.4. The highest BCUT2D eigenvalue weighted by Crippen LogP contribution is 2.06. The third-order valence-electron chi connectivity index (χ3n) is 3.10. The number of amides is 1. The molecule has 0 bridgehead atoms. The lowest BCUT2D eigenvalue weighted by Gasteiger charge is -2.19. The molecule has 0 atom stereocenters. The van der Waals surface area contributed by atoms with Crippen molar-refractivity contribution >= 4 is 18.7 Å². The first-order chi connectivity index (χ1) is 10.8. The number of ether oxygens (including phenoxy) is 1. The Morgan fingerprint density at radius 2 is 1.83 bits per heavy atom. The number of carbonyl (C=O) groups is 1. The van der Waals surface area contributed by atoms with Crippen molar-refractivity contribution in [1.82, 2.24) is 10.6 Å². The van der Waals surface area contributed by atoms with Gasteiger partial charge >= 0.3 is 13.2 Å². The van der Waals surface area contributed by atoms with Gasteiger partial charge < -0.3 is 25.4 Å². The first kappa shape index (κ1) is 19.5. The van der Waals surface area contributed by atoms with Crippen LogP contribution in [0.3, 0.4) is 0 Å². The molecule has 0 aliphatic carbocycles. The average Bonchev–Trinajstić information content (AvgIpc) is 2.44. The summed E-state index contributed by atoms with van der Waals surface area (Å²) < 4.78 is 5.15. The van der Waals surface area contributed by atoms with E-state index in [2.05, 4.69) is 10.6 Å². The van der Waals surface area contributed by atoms with E-state index in [0.717, 1.165) is 24.9 Å². The molecule has 128 valence electrons. The van der Waals surface area contributed by atoms with Crippen molar-refractivity contribution in [3.63, 3.8) is 0 Å². The quantitative estimate of drug-likeness (QED) is 0.419. The SMILES string of the molecule is CC(C)(C)OC(=O)NCCCCNCc1ccccc1B(O)O. The highest BCUT2D eigenvalue weighted by atomic mass is 16.6.